The first-order valence-electron chi connectivity index (χ1n) is 3.83. The van der Waals surface area contributed by atoms with E-state index in [4.69, 9.17) is 10.9 Å². The summed E-state index contributed by atoms with van der Waals surface area (Å²) < 4.78 is 22.4. The van der Waals surface area contributed by atoms with Gasteiger partial charge in [0.05, 0.1) is 4.90 Å². The van der Waals surface area contributed by atoms with Gasteiger partial charge in [0, 0.05) is 10.6 Å². The molecule has 0 saturated heterocycles. The fraction of sp³-hybridized carbons (Fsp3) is 0.250. The Morgan fingerprint density at radius 2 is 1.93 bits per heavy atom. The Bertz CT molecular complexity index is 455. The van der Waals surface area contributed by atoms with E-state index in [-0.39, 0.29) is 4.90 Å². The molecule has 78 valence electrons. The van der Waals surface area contributed by atoms with Gasteiger partial charge in [-0.3, -0.25) is 0 Å². The van der Waals surface area contributed by atoms with Crippen molar-refractivity contribution in [1.29, 1.82) is 0 Å². The number of hydrogen-bond donors (Lipinski definition) is 2. The summed E-state index contributed by atoms with van der Waals surface area (Å²) in [6, 6.07) is 3.11. The van der Waals surface area contributed by atoms with E-state index in [0.29, 0.717) is 11.3 Å². The van der Waals surface area contributed by atoms with Crippen molar-refractivity contribution in [2.45, 2.75) is 16.7 Å². The minimum Gasteiger partial charge on any atom is -0.399 e. The van der Waals surface area contributed by atoms with Gasteiger partial charge in [-0.15, -0.1) is 11.8 Å². The summed E-state index contributed by atoms with van der Waals surface area (Å²) in [4.78, 5) is 0.927. The van der Waals surface area contributed by atoms with Gasteiger partial charge in [0.2, 0.25) is 10.0 Å². The van der Waals surface area contributed by atoms with Crippen LogP contribution in [-0.2, 0) is 10.0 Å². The summed E-state index contributed by atoms with van der Waals surface area (Å²) in [5.74, 6) is 0. The lowest BCUT2D eigenvalue weighted by Gasteiger charge is -2.09. The normalized spacial score (nSPS) is 11.6. The predicted molar refractivity (Wildman–Crippen MR) is 58.7 cm³/mol. The van der Waals surface area contributed by atoms with Crippen LogP contribution < -0.4 is 10.9 Å². The van der Waals surface area contributed by atoms with E-state index in [1.54, 1.807) is 13.0 Å². The molecule has 0 amide bonds. The maximum absolute atomic E-state index is 11.2. The molecule has 0 aliphatic rings. The lowest BCUT2D eigenvalue weighted by molar-refractivity contribution is 0.597. The summed E-state index contributed by atoms with van der Waals surface area (Å²) in [6.45, 7) is 1.71. The van der Waals surface area contributed by atoms with Gasteiger partial charge in [-0.05, 0) is 30.9 Å². The molecule has 0 aliphatic carbocycles. The van der Waals surface area contributed by atoms with Gasteiger partial charge in [0.25, 0.3) is 0 Å². The van der Waals surface area contributed by atoms with E-state index < -0.39 is 10.0 Å². The molecule has 0 saturated carbocycles. The molecule has 1 rings (SSSR count). The van der Waals surface area contributed by atoms with Crippen molar-refractivity contribution < 1.29 is 8.42 Å². The highest BCUT2D eigenvalue weighted by Gasteiger charge is 2.14. The molecule has 14 heavy (non-hydrogen) atoms. The van der Waals surface area contributed by atoms with Crippen LogP contribution in [0.4, 0.5) is 5.69 Å². The number of primary sulfonamides is 1. The zero-order valence-corrected chi connectivity index (χ0v) is 9.58. The number of nitrogens with two attached hydrogens (primary N) is 2. The molecule has 0 bridgehead atoms. The van der Waals surface area contributed by atoms with Crippen molar-refractivity contribution >= 4 is 27.5 Å². The number of benzene rings is 1. The molecular weight excluding hydrogens is 220 g/mol. The van der Waals surface area contributed by atoms with E-state index in [1.807, 2.05) is 6.26 Å². The largest absolute Gasteiger partial charge is 0.399 e. The second-order valence-corrected chi connectivity index (χ2v) is 5.27. The number of anilines is 1. The molecule has 0 aliphatic heterocycles. The average Bonchev–Trinajstić information content (AvgIpc) is 2.06. The third-order valence-electron chi connectivity index (χ3n) is 1.86. The van der Waals surface area contributed by atoms with Gasteiger partial charge in [-0.25, -0.2) is 13.6 Å². The first-order chi connectivity index (χ1) is 6.36. The Balaban J connectivity index is 3.53. The molecule has 0 radical (unpaired) electrons. The van der Waals surface area contributed by atoms with Gasteiger partial charge in [-0.2, -0.15) is 0 Å². The van der Waals surface area contributed by atoms with Crippen LogP contribution >= 0.6 is 11.8 Å². The van der Waals surface area contributed by atoms with E-state index in [9.17, 15) is 8.42 Å². The summed E-state index contributed by atoms with van der Waals surface area (Å²) in [5.41, 5.74) is 6.62. The van der Waals surface area contributed by atoms with Crippen LogP contribution in [0.25, 0.3) is 0 Å². The Morgan fingerprint density at radius 1 is 1.36 bits per heavy atom. The van der Waals surface area contributed by atoms with Crippen LogP contribution in [0.5, 0.6) is 0 Å². The number of nitrogen functional groups attached to an aromatic ring is 1. The second kappa shape index (κ2) is 3.80. The monoisotopic (exact) mass is 232 g/mol. The Morgan fingerprint density at radius 3 is 2.36 bits per heavy atom. The number of thioether (sulfide) groups is 1. The lowest BCUT2D eigenvalue weighted by atomic mass is 10.2. The van der Waals surface area contributed by atoms with E-state index in [1.165, 1.54) is 17.8 Å². The van der Waals surface area contributed by atoms with Crippen molar-refractivity contribution in [2.24, 2.45) is 5.14 Å². The predicted octanol–water partition coefficient (Wildman–Crippen LogP) is 0.947. The number of sulfonamides is 1. The van der Waals surface area contributed by atoms with Crippen LogP contribution in [-0.4, -0.2) is 14.7 Å². The number of hydrogen-bond acceptors (Lipinski definition) is 4. The van der Waals surface area contributed by atoms with Crippen LogP contribution in [0.3, 0.4) is 0 Å². The molecule has 6 heteroatoms. The fourth-order valence-electron chi connectivity index (χ4n) is 1.19. The summed E-state index contributed by atoms with van der Waals surface area (Å²) >= 11 is 1.44. The third kappa shape index (κ3) is 2.20. The molecule has 0 spiro atoms. The Labute approximate surface area is 87.7 Å². The molecule has 1 aromatic carbocycles. The van der Waals surface area contributed by atoms with Crippen molar-refractivity contribution in [2.75, 3.05) is 12.0 Å². The van der Waals surface area contributed by atoms with E-state index in [2.05, 4.69) is 0 Å². The SMILES string of the molecule is CSc1cc(N)cc(S(N)(=O)=O)c1C. The van der Waals surface area contributed by atoms with E-state index >= 15 is 0 Å². The molecule has 4 nitrogen and oxygen atoms in total. The topological polar surface area (TPSA) is 86.2 Å². The molecular formula is C8H12N2O2S2. The maximum atomic E-state index is 11.2. The number of rotatable bonds is 2. The highest BCUT2D eigenvalue weighted by Crippen LogP contribution is 2.28. The molecule has 0 atom stereocenters. The molecule has 0 unspecified atom stereocenters. The molecule has 4 N–H and O–H groups in total. The van der Waals surface area contributed by atoms with Gasteiger partial charge >= 0.3 is 0 Å². The third-order valence-corrected chi connectivity index (χ3v) is 3.76. The van der Waals surface area contributed by atoms with Crippen molar-refractivity contribution in [1.82, 2.24) is 0 Å². The summed E-state index contributed by atoms with van der Waals surface area (Å²) in [6.07, 6.45) is 1.86. The van der Waals surface area contributed by atoms with Crippen LogP contribution in [0.2, 0.25) is 0 Å². The maximum Gasteiger partial charge on any atom is 0.238 e. The minimum absolute atomic E-state index is 0.0989. The summed E-state index contributed by atoms with van der Waals surface area (Å²) in [5, 5.41) is 5.06. The first-order valence-corrected chi connectivity index (χ1v) is 6.60. The quantitative estimate of drug-likeness (QED) is 0.587. The van der Waals surface area contributed by atoms with Gasteiger partial charge in [0.15, 0.2) is 0 Å². The highest BCUT2D eigenvalue weighted by atomic mass is 32.2. The standard InChI is InChI=1S/C8H12N2O2S2/c1-5-7(13-2)3-6(9)4-8(5)14(10,11)12/h3-4H,9H2,1-2H3,(H2,10,11,12). The van der Waals surface area contributed by atoms with Crippen molar-refractivity contribution in [3.63, 3.8) is 0 Å². The van der Waals surface area contributed by atoms with Gasteiger partial charge in [-0.1, -0.05) is 0 Å². The second-order valence-electron chi connectivity index (χ2n) is 2.89. The Hall–Kier alpha value is -0.720. The molecule has 0 aromatic heterocycles. The van der Waals surface area contributed by atoms with Crippen LogP contribution in [0.15, 0.2) is 21.9 Å². The molecule has 0 fully saturated rings. The zero-order chi connectivity index (χ0) is 10.9. The van der Waals surface area contributed by atoms with Crippen molar-refractivity contribution in [3.05, 3.63) is 17.7 Å². The first kappa shape index (κ1) is 11.4. The minimum atomic E-state index is -3.68. The zero-order valence-electron chi connectivity index (χ0n) is 7.94. The lowest BCUT2D eigenvalue weighted by Crippen LogP contribution is -2.14. The fourth-order valence-corrected chi connectivity index (χ4v) is 2.76. The van der Waals surface area contributed by atoms with Crippen molar-refractivity contribution in [3.8, 4) is 0 Å². The average molecular weight is 232 g/mol. The van der Waals surface area contributed by atoms with E-state index in [0.717, 1.165) is 4.90 Å². The Kier molecular flexibility index (Phi) is 3.08. The highest BCUT2D eigenvalue weighted by molar-refractivity contribution is 7.98. The summed E-state index contributed by atoms with van der Waals surface area (Å²) in [7, 11) is -3.68. The van der Waals surface area contributed by atoms with Gasteiger partial charge < -0.3 is 5.73 Å². The smallest absolute Gasteiger partial charge is 0.238 e. The molecule has 1 aromatic rings. The van der Waals surface area contributed by atoms with Gasteiger partial charge in [0.1, 0.15) is 0 Å². The molecule has 0 heterocycles. The van der Waals surface area contributed by atoms with Crippen LogP contribution in [0.1, 0.15) is 5.56 Å². The van der Waals surface area contributed by atoms with Crippen LogP contribution in [0, 0.1) is 6.92 Å².